The first-order chi connectivity index (χ1) is 11.5. The summed E-state index contributed by atoms with van der Waals surface area (Å²) in [4.78, 5) is 27.1. The van der Waals surface area contributed by atoms with Crippen molar-refractivity contribution < 1.29 is 18.8 Å². The zero-order valence-electron chi connectivity index (χ0n) is 12.9. The second-order valence-corrected chi connectivity index (χ2v) is 6.01. The van der Waals surface area contributed by atoms with Gasteiger partial charge in [-0.1, -0.05) is 33.2 Å². The third-order valence-electron chi connectivity index (χ3n) is 3.56. The lowest BCUT2D eigenvalue weighted by Gasteiger charge is -2.01. The molecular formula is C17H13BrN2O4. The lowest BCUT2D eigenvalue weighted by molar-refractivity contribution is 0.0595. The molecule has 0 spiro atoms. The second-order valence-electron chi connectivity index (χ2n) is 5.09. The van der Waals surface area contributed by atoms with E-state index in [0.717, 1.165) is 10.0 Å². The Morgan fingerprint density at radius 2 is 1.96 bits per heavy atom. The highest BCUT2D eigenvalue weighted by Crippen LogP contribution is 2.28. The highest BCUT2D eigenvalue weighted by Gasteiger charge is 2.24. The summed E-state index contributed by atoms with van der Waals surface area (Å²) in [6.45, 7) is 1.68. The van der Waals surface area contributed by atoms with Gasteiger partial charge in [0.15, 0.2) is 5.78 Å². The Labute approximate surface area is 145 Å². The average Bonchev–Trinajstić information content (AvgIpc) is 3.21. The van der Waals surface area contributed by atoms with E-state index in [0.29, 0.717) is 22.6 Å². The van der Waals surface area contributed by atoms with Crippen molar-refractivity contribution in [3.05, 3.63) is 63.6 Å². The van der Waals surface area contributed by atoms with Crippen LogP contribution in [0.1, 0.15) is 32.2 Å². The lowest BCUT2D eigenvalue weighted by Crippen LogP contribution is -2.03. The van der Waals surface area contributed by atoms with E-state index >= 15 is 0 Å². The van der Waals surface area contributed by atoms with Crippen LogP contribution in [-0.2, 0) is 4.74 Å². The van der Waals surface area contributed by atoms with Crippen molar-refractivity contribution in [3.8, 4) is 11.3 Å². The molecule has 2 heterocycles. The Morgan fingerprint density at radius 3 is 2.62 bits per heavy atom. The maximum Gasteiger partial charge on any atom is 0.354 e. The molecule has 24 heavy (non-hydrogen) atoms. The SMILES string of the molecule is COC(=O)c1cc(C(=O)c2c(-c3ccc(Br)cc3)noc2C)c[nH]1. The van der Waals surface area contributed by atoms with Gasteiger partial charge in [0.1, 0.15) is 17.1 Å². The van der Waals surface area contributed by atoms with Gasteiger partial charge in [-0.3, -0.25) is 4.79 Å². The fraction of sp³-hybridized carbons (Fsp3) is 0.118. The number of H-pyrrole nitrogens is 1. The number of hydrogen-bond acceptors (Lipinski definition) is 5. The minimum atomic E-state index is -0.538. The second kappa shape index (κ2) is 6.45. The summed E-state index contributed by atoms with van der Waals surface area (Å²) in [6.07, 6.45) is 1.46. The van der Waals surface area contributed by atoms with Gasteiger partial charge in [-0.05, 0) is 25.1 Å². The molecule has 0 aliphatic carbocycles. The third-order valence-corrected chi connectivity index (χ3v) is 4.09. The number of aromatic amines is 1. The predicted octanol–water partition coefficient (Wildman–Crippen LogP) is 3.76. The van der Waals surface area contributed by atoms with Gasteiger partial charge < -0.3 is 14.2 Å². The van der Waals surface area contributed by atoms with Crippen LogP contribution in [0.15, 0.2) is 45.5 Å². The van der Waals surface area contributed by atoms with Crippen LogP contribution in [0.4, 0.5) is 0 Å². The van der Waals surface area contributed by atoms with Crippen molar-refractivity contribution in [3.63, 3.8) is 0 Å². The largest absolute Gasteiger partial charge is 0.464 e. The number of ketones is 1. The summed E-state index contributed by atoms with van der Waals surface area (Å²) in [5.74, 6) is -0.402. The summed E-state index contributed by atoms with van der Waals surface area (Å²) >= 11 is 3.37. The summed E-state index contributed by atoms with van der Waals surface area (Å²) in [5, 5.41) is 4.01. The Kier molecular flexibility index (Phi) is 4.35. The molecule has 3 rings (SSSR count). The molecule has 0 bridgehead atoms. The van der Waals surface area contributed by atoms with Gasteiger partial charge >= 0.3 is 5.97 Å². The highest BCUT2D eigenvalue weighted by atomic mass is 79.9. The quantitative estimate of drug-likeness (QED) is 0.543. The molecule has 0 aliphatic rings. The van der Waals surface area contributed by atoms with E-state index in [1.54, 1.807) is 6.92 Å². The molecular weight excluding hydrogens is 376 g/mol. The molecule has 0 atom stereocenters. The summed E-state index contributed by atoms with van der Waals surface area (Å²) < 4.78 is 10.8. The van der Waals surface area contributed by atoms with Gasteiger partial charge in [0.2, 0.25) is 0 Å². The van der Waals surface area contributed by atoms with E-state index in [1.807, 2.05) is 24.3 Å². The minimum absolute atomic E-state index is 0.208. The molecule has 1 N–H and O–H groups in total. The molecule has 1 aromatic carbocycles. The fourth-order valence-electron chi connectivity index (χ4n) is 2.34. The topological polar surface area (TPSA) is 85.2 Å². The number of rotatable bonds is 4. The Bertz CT molecular complexity index is 909. The van der Waals surface area contributed by atoms with Crippen molar-refractivity contribution in [1.82, 2.24) is 10.1 Å². The standard InChI is InChI=1S/C17H13BrN2O4/c1-9-14(15(20-24-9)10-3-5-12(18)6-4-10)16(21)11-7-13(19-8-11)17(22)23-2/h3-8,19H,1-2H3. The van der Waals surface area contributed by atoms with Gasteiger partial charge in [0.05, 0.1) is 12.7 Å². The van der Waals surface area contributed by atoms with Crippen LogP contribution < -0.4 is 0 Å². The van der Waals surface area contributed by atoms with E-state index in [-0.39, 0.29) is 11.5 Å². The predicted molar refractivity (Wildman–Crippen MR) is 89.9 cm³/mol. The molecule has 0 radical (unpaired) electrons. The first kappa shape index (κ1) is 16.2. The van der Waals surface area contributed by atoms with E-state index in [9.17, 15) is 9.59 Å². The number of carbonyl (C=O) groups is 2. The number of methoxy groups -OCH3 is 1. The van der Waals surface area contributed by atoms with Crippen LogP contribution in [-0.4, -0.2) is 29.0 Å². The number of nitrogens with one attached hydrogen (secondary N) is 1. The number of hydrogen-bond donors (Lipinski definition) is 1. The van der Waals surface area contributed by atoms with E-state index in [2.05, 4.69) is 30.8 Å². The van der Waals surface area contributed by atoms with Crippen LogP contribution in [0, 0.1) is 6.92 Å². The maximum absolute atomic E-state index is 12.8. The zero-order valence-corrected chi connectivity index (χ0v) is 14.5. The van der Waals surface area contributed by atoms with E-state index in [4.69, 9.17) is 4.52 Å². The normalized spacial score (nSPS) is 10.6. The first-order valence-electron chi connectivity index (χ1n) is 7.05. The molecule has 6 nitrogen and oxygen atoms in total. The minimum Gasteiger partial charge on any atom is -0.464 e. The van der Waals surface area contributed by atoms with Crippen molar-refractivity contribution in [1.29, 1.82) is 0 Å². The summed E-state index contributed by atoms with van der Waals surface area (Å²) in [5.41, 5.74) is 2.14. The average molecular weight is 389 g/mol. The Balaban J connectivity index is 2.01. The zero-order chi connectivity index (χ0) is 17.3. The van der Waals surface area contributed by atoms with Crippen molar-refractivity contribution in [2.75, 3.05) is 7.11 Å². The molecule has 0 aliphatic heterocycles. The van der Waals surface area contributed by atoms with Gasteiger partial charge in [0.25, 0.3) is 0 Å². The number of nitrogens with zero attached hydrogens (tertiary/aromatic N) is 1. The monoisotopic (exact) mass is 388 g/mol. The third kappa shape index (κ3) is 2.90. The molecule has 3 aromatic rings. The van der Waals surface area contributed by atoms with Gasteiger partial charge in [0, 0.05) is 21.8 Å². The smallest absolute Gasteiger partial charge is 0.354 e. The highest BCUT2D eigenvalue weighted by molar-refractivity contribution is 9.10. The fourth-order valence-corrected chi connectivity index (χ4v) is 2.61. The van der Waals surface area contributed by atoms with Crippen LogP contribution in [0.5, 0.6) is 0 Å². The van der Waals surface area contributed by atoms with Crippen LogP contribution in [0.3, 0.4) is 0 Å². The lowest BCUT2D eigenvalue weighted by atomic mass is 10.00. The Hall–Kier alpha value is -2.67. The molecule has 7 heteroatoms. The van der Waals surface area contributed by atoms with Crippen LogP contribution in [0.2, 0.25) is 0 Å². The molecule has 0 amide bonds. The number of ether oxygens (including phenoxy) is 1. The van der Waals surface area contributed by atoms with Crippen molar-refractivity contribution >= 4 is 27.7 Å². The van der Waals surface area contributed by atoms with Crippen molar-refractivity contribution in [2.45, 2.75) is 6.92 Å². The van der Waals surface area contributed by atoms with Gasteiger partial charge in [-0.15, -0.1) is 0 Å². The molecule has 0 fully saturated rings. The van der Waals surface area contributed by atoms with Gasteiger partial charge in [-0.25, -0.2) is 4.79 Å². The number of benzene rings is 1. The molecule has 0 unspecified atom stereocenters. The molecule has 0 saturated heterocycles. The maximum atomic E-state index is 12.8. The van der Waals surface area contributed by atoms with Gasteiger partial charge in [-0.2, -0.15) is 0 Å². The molecule has 122 valence electrons. The summed E-state index contributed by atoms with van der Waals surface area (Å²) in [6, 6.07) is 8.86. The van der Waals surface area contributed by atoms with Crippen LogP contribution >= 0.6 is 15.9 Å². The number of aromatic nitrogens is 2. The van der Waals surface area contributed by atoms with Crippen molar-refractivity contribution in [2.24, 2.45) is 0 Å². The van der Waals surface area contributed by atoms with E-state index < -0.39 is 5.97 Å². The van der Waals surface area contributed by atoms with E-state index in [1.165, 1.54) is 19.4 Å². The first-order valence-corrected chi connectivity index (χ1v) is 7.84. The Morgan fingerprint density at radius 1 is 1.25 bits per heavy atom. The molecule has 2 aromatic heterocycles. The summed E-state index contributed by atoms with van der Waals surface area (Å²) in [7, 11) is 1.28. The number of halogens is 1. The number of aryl methyl sites for hydroxylation is 1. The van der Waals surface area contributed by atoms with Crippen LogP contribution in [0.25, 0.3) is 11.3 Å². The number of esters is 1. The number of carbonyl (C=O) groups excluding carboxylic acids is 2. The molecule has 0 saturated carbocycles.